The number of hydrogen-bond acceptors (Lipinski definition) is 4. The minimum absolute atomic E-state index is 0. The predicted molar refractivity (Wildman–Crippen MR) is 65.9 cm³/mol. The number of rotatable bonds is 2. The molecule has 0 radical (unpaired) electrons. The summed E-state index contributed by atoms with van der Waals surface area (Å²) in [5.41, 5.74) is 1.56. The third-order valence-corrected chi connectivity index (χ3v) is 2.99. The molecule has 0 amide bonds. The van der Waals surface area contributed by atoms with Gasteiger partial charge in [-0.15, -0.1) is 0 Å². The van der Waals surface area contributed by atoms with Gasteiger partial charge in [0.2, 0.25) is 0 Å². The Morgan fingerprint density at radius 2 is 1.88 bits per heavy atom. The number of aromatic nitrogens is 4. The van der Waals surface area contributed by atoms with Crippen molar-refractivity contribution in [2.75, 3.05) is 0 Å². The number of H-pyrrole nitrogens is 1. The lowest BCUT2D eigenvalue weighted by atomic mass is 10.4. The highest BCUT2D eigenvalue weighted by Crippen LogP contribution is 2.24. The molecule has 3 rings (SSSR count). The average Bonchev–Trinajstić information content (AvgIpc) is 2.77. The number of nitrogens with zero attached hydrogens (tertiary/aromatic N) is 3. The third kappa shape index (κ3) is 2.43. The fourth-order valence-corrected chi connectivity index (χ4v) is 2.11. The van der Waals surface area contributed by atoms with Crippen LogP contribution in [0.4, 0.5) is 0 Å². The van der Waals surface area contributed by atoms with E-state index in [9.17, 15) is 0 Å². The van der Waals surface area contributed by atoms with Crippen LogP contribution in [0.1, 0.15) is 0 Å². The first-order valence-corrected chi connectivity index (χ1v) is 5.62. The van der Waals surface area contributed by atoms with Crippen molar-refractivity contribution in [1.29, 1.82) is 0 Å². The van der Waals surface area contributed by atoms with Crippen LogP contribution in [0.5, 0.6) is 0 Å². The van der Waals surface area contributed by atoms with E-state index in [0.29, 0.717) is 10.8 Å². The first-order valence-electron chi connectivity index (χ1n) is 4.81. The maximum Gasteiger partial charge on any atom is 0.194 e. The van der Waals surface area contributed by atoms with Gasteiger partial charge in [-0.2, -0.15) is 0 Å². The van der Waals surface area contributed by atoms with E-state index in [1.807, 2.05) is 30.3 Å². The summed E-state index contributed by atoms with van der Waals surface area (Å²) in [5, 5.41) is 0.714. The normalized spacial score (nSPS) is 10.1. The van der Waals surface area contributed by atoms with Crippen molar-refractivity contribution in [3.8, 4) is 0 Å². The third-order valence-electron chi connectivity index (χ3n) is 2.11. The zero-order valence-corrected chi connectivity index (χ0v) is 9.61. The number of benzene rings is 1. The van der Waals surface area contributed by atoms with Gasteiger partial charge in [-0.05, 0) is 23.9 Å². The van der Waals surface area contributed by atoms with Crippen molar-refractivity contribution in [3.63, 3.8) is 0 Å². The van der Waals surface area contributed by atoms with Gasteiger partial charge in [0.25, 0.3) is 0 Å². The summed E-state index contributed by atoms with van der Waals surface area (Å²) in [6.07, 6.45) is 3.37. The Bertz CT molecular complexity index is 611. The van der Waals surface area contributed by atoms with Crippen LogP contribution < -0.4 is 0 Å². The second-order valence-electron chi connectivity index (χ2n) is 3.21. The van der Waals surface area contributed by atoms with Crippen LogP contribution in [0.2, 0.25) is 0 Å². The molecule has 2 aromatic heterocycles. The van der Waals surface area contributed by atoms with Crippen LogP contribution >= 0.6 is 11.8 Å². The molecule has 0 saturated carbocycles. The Morgan fingerprint density at radius 3 is 2.71 bits per heavy atom. The quantitative estimate of drug-likeness (QED) is 0.697. The predicted octanol–water partition coefficient (Wildman–Crippen LogP) is 1.68. The number of fused-ring (bicyclic) bond motifs is 1. The molecule has 0 aliphatic heterocycles. The zero-order valence-electron chi connectivity index (χ0n) is 8.79. The zero-order chi connectivity index (χ0) is 10.8. The summed E-state index contributed by atoms with van der Waals surface area (Å²) in [5.74, 6) is 0. The minimum Gasteiger partial charge on any atom is -0.412 e. The molecule has 0 aliphatic carbocycles. The van der Waals surface area contributed by atoms with Gasteiger partial charge in [0.1, 0.15) is 5.52 Å². The Morgan fingerprint density at radius 1 is 1.06 bits per heavy atom. The van der Waals surface area contributed by atoms with Crippen molar-refractivity contribution in [3.05, 3.63) is 42.9 Å². The lowest BCUT2D eigenvalue weighted by Crippen LogP contribution is -1.86. The molecule has 6 heteroatoms. The fraction of sp³-hybridized carbons (Fsp3) is 0. The molecule has 1 aromatic carbocycles. The topological polar surface area (TPSA) is 86.0 Å². The molecule has 0 spiro atoms. The molecule has 3 N–H and O–H groups in total. The van der Waals surface area contributed by atoms with Gasteiger partial charge < -0.3 is 10.5 Å². The minimum atomic E-state index is 0. The van der Waals surface area contributed by atoms with Gasteiger partial charge in [0, 0.05) is 4.90 Å². The largest absolute Gasteiger partial charge is 0.412 e. The van der Waals surface area contributed by atoms with E-state index in [1.165, 1.54) is 11.8 Å². The van der Waals surface area contributed by atoms with Gasteiger partial charge in [-0.3, -0.25) is 0 Å². The molecule has 0 unspecified atom stereocenters. The summed E-state index contributed by atoms with van der Waals surface area (Å²) in [4.78, 5) is 16.8. The second kappa shape index (κ2) is 4.94. The molecule has 86 valence electrons. The van der Waals surface area contributed by atoms with Gasteiger partial charge in [0.15, 0.2) is 10.8 Å². The van der Waals surface area contributed by atoms with E-state index >= 15 is 0 Å². The summed E-state index contributed by atoms with van der Waals surface area (Å²) in [7, 11) is 0. The van der Waals surface area contributed by atoms with Crippen molar-refractivity contribution < 1.29 is 5.48 Å². The monoisotopic (exact) mass is 246 g/mol. The van der Waals surface area contributed by atoms with Crippen LogP contribution in [0.25, 0.3) is 11.2 Å². The first-order chi connectivity index (χ1) is 7.92. The van der Waals surface area contributed by atoms with Crippen LogP contribution in [-0.4, -0.2) is 25.4 Å². The second-order valence-corrected chi connectivity index (χ2v) is 4.25. The van der Waals surface area contributed by atoms with Crippen LogP contribution in [-0.2, 0) is 0 Å². The van der Waals surface area contributed by atoms with Gasteiger partial charge >= 0.3 is 0 Å². The van der Waals surface area contributed by atoms with Crippen molar-refractivity contribution in [2.45, 2.75) is 10.1 Å². The van der Waals surface area contributed by atoms with Gasteiger partial charge in [0.05, 0.1) is 12.5 Å². The SMILES string of the molecule is O.c1ccc(Sc2ncc3[nH]cnc3n2)cc1. The van der Waals surface area contributed by atoms with Gasteiger partial charge in [-0.25, -0.2) is 15.0 Å². The maximum atomic E-state index is 4.34. The van der Waals surface area contributed by atoms with Gasteiger partial charge in [-0.1, -0.05) is 18.2 Å². The smallest absolute Gasteiger partial charge is 0.194 e. The molecule has 0 atom stereocenters. The summed E-state index contributed by atoms with van der Waals surface area (Å²) in [6.45, 7) is 0. The standard InChI is InChI=1S/C11H8N4S.H2O/c1-2-4-8(5-3-1)16-11-12-6-9-10(15-11)14-7-13-9;/h1-7H,(H,12,13,14,15);1H2. The molecule has 0 fully saturated rings. The Hall–Kier alpha value is -1.92. The van der Waals surface area contributed by atoms with Crippen LogP contribution in [0, 0.1) is 0 Å². The highest BCUT2D eigenvalue weighted by molar-refractivity contribution is 7.99. The Kier molecular flexibility index (Phi) is 3.36. The van der Waals surface area contributed by atoms with Crippen LogP contribution in [0.15, 0.2) is 52.9 Å². The molecule has 5 nitrogen and oxygen atoms in total. The summed E-state index contributed by atoms with van der Waals surface area (Å²) >= 11 is 1.53. The number of hydrogen-bond donors (Lipinski definition) is 1. The van der Waals surface area contributed by atoms with E-state index in [0.717, 1.165) is 10.4 Å². The van der Waals surface area contributed by atoms with Crippen molar-refractivity contribution >= 4 is 22.9 Å². The van der Waals surface area contributed by atoms with E-state index < -0.39 is 0 Å². The fourth-order valence-electron chi connectivity index (χ4n) is 1.36. The molecule has 0 bridgehead atoms. The highest BCUT2D eigenvalue weighted by Gasteiger charge is 2.03. The first kappa shape index (κ1) is 11.6. The number of nitrogens with one attached hydrogen (secondary N) is 1. The lowest BCUT2D eigenvalue weighted by molar-refractivity contribution is 0.824. The molecule has 0 saturated heterocycles. The average molecular weight is 246 g/mol. The molecule has 2 heterocycles. The van der Waals surface area contributed by atoms with E-state index in [-0.39, 0.29) is 5.48 Å². The Balaban J connectivity index is 0.00000108. The van der Waals surface area contributed by atoms with Crippen LogP contribution in [0.3, 0.4) is 0 Å². The maximum absolute atomic E-state index is 4.34. The summed E-state index contributed by atoms with van der Waals surface area (Å²) in [6, 6.07) is 10.0. The molecule has 3 aromatic rings. The lowest BCUT2D eigenvalue weighted by Gasteiger charge is -1.98. The Labute approximate surface area is 102 Å². The van der Waals surface area contributed by atoms with Crippen molar-refractivity contribution in [2.24, 2.45) is 0 Å². The van der Waals surface area contributed by atoms with E-state index in [2.05, 4.69) is 19.9 Å². The molecular weight excluding hydrogens is 236 g/mol. The number of aromatic amines is 1. The molecular formula is C11H10N4OS. The van der Waals surface area contributed by atoms with E-state index in [1.54, 1.807) is 12.5 Å². The molecule has 17 heavy (non-hydrogen) atoms. The van der Waals surface area contributed by atoms with E-state index in [4.69, 9.17) is 0 Å². The summed E-state index contributed by atoms with van der Waals surface area (Å²) < 4.78 is 0. The van der Waals surface area contributed by atoms with Crippen molar-refractivity contribution in [1.82, 2.24) is 19.9 Å². The molecule has 0 aliphatic rings. The highest BCUT2D eigenvalue weighted by atomic mass is 32.2. The number of imidazole rings is 1.